The lowest BCUT2D eigenvalue weighted by Gasteiger charge is -2.27. The Kier molecular flexibility index (Phi) is 7.46. The van der Waals surface area contributed by atoms with Gasteiger partial charge in [0.05, 0.1) is 11.1 Å². The Balaban J connectivity index is 1.14. The average molecular weight is 719 g/mol. The van der Waals surface area contributed by atoms with Crippen LogP contribution in [0.5, 0.6) is 0 Å². The number of para-hydroxylation sites is 2. The normalized spacial score (nSPS) is 11.6. The van der Waals surface area contributed by atoms with Crippen molar-refractivity contribution in [2.75, 3.05) is 9.80 Å². The van der Waals surface area contributed by atoms with Crippen LogP contribution in [0.15, 0.2) is 215 Å². The van der Waals surface area contributed by atoms with Gasteiger partial charge in [-0.2, -0.15) is 0 Å². The molecule has 0 saturated heterocycles. The Labute approximate surface area is 323 Å². The highest BCUT2D eigenvalue weighted by Gasteiger charge is 2.22. The first-order valence-corrected chi connectivity index (χ1v) is 18.9. The van der Waals surface area contributed by atoms with Crippen molar-refractivity contribution in [3.8, 4) is 11.1 Å². The molecule has 56 heavy (non-hydrogen) atoms. The molecule has 0 saturated carbocycles. The van der Waals surface area contributed by atoms with Gasteiger partial charge in [-0.1, -0.05) is 109 Å². The van der Waals surface area contributed by atoms with Gasteiger partial charge in [0.2, 0.25) is 0 Å². The van der Waals surface area contributed by atoms with Crippen LogP contribution < -0.4 is 9.80 Å². The predicted molar refractivity (Wildman–Crippen MR) is 233 cm³/mol. The zero-order valence-corrected chi connectivity index (χ0v) is 30.3. The van der Waals surface area contributed by atoms with Gasteiger partial charge in [-0.05, 0) is 119 Å². The molecule has 0 amide bonds. The molecule has 11 aromatic rings. The molecule has 0 unspecified atom stereocenters. The van der Waals surface area contributed by atoms with Crippen LogP contribution in [0.3, 0.4) is 0 Å². The summed E-state index contributed by atoms with van der Waals surface area (Å²) in [5.74, 6) is 0. The van der Waals surface area contributed by atoms with Crippen LogP contribution in [-0.4, -0.2) is 0 Å². The number of hydrogen-bond acceptors (Lipinski definition) is 4. The topological polar surface area (TPSA) is 32.8 Å². The molecule has 11 rings (SSSR count). The van der Waals surface area contributed by atoms with E-state index in [0.717, 1.165) is 89.0 Å². The van der Waals surface area contributed by atoms with Crippen LogP contribution in [0.2, 0.25) is 0 Å². The van der Waals surface area contributed by atoms with Crippen molar-refractivity contribution in [1.82, 2.24) is 0 Å². The fourth-order valence-electron chi connectivity index (χ4n) is 8.19. The van der Waals surface area contributed by atoms with Crippen molar-refractivity contribution in [3.63, 3.8) is 0 Å². The van der Waals surface area contributed by atoms with Crippen LogP contribution in [0, 0.1) is 0 Å². The number of benzene rings is 9. The maximum atomic E-state index is 6.61. The fraction of sp³-hybridized carbons (Fsp3) is 0. The second-order valence-electron chi connectivity index (χ2n) is 14.2. The molecule has 0 spiro atoms. The molecule has 4 heteroatoms. The van der Waals surface area contributed by atoms with Crippen LogP contribution in [0.4, 0.5) is 34.1 Å². The summed E-state index contributed by atoms with van der Waals surface area (Å²) in [6.45, 7) is 0. The van der Waals surface area contributed by atoms with Gasteiger partial charge in [-0.25, -0.2) is 0 Å². The van der Waals surface area contributed by atoms with E-state index in [1.165, 1.54) is 10.9 Å². The molecule has 0 bridgehead atoms. The molecular formula is C52H34N2O2. The lowest BCUT2D eigenvalue weighted by Crippen LogP contribution is -2.10. The quantitative estimate of drug-likeness (QED) is 0.164. The highest BCUT2D eigenvalue weighted by molar-refractivity contribution is 6.15. The lowest BCUT2D eigenvalue weighted by molar-refractivity contribution is 0.669. The maximum absolute atomic E-state index is 6.61. The smallest absolute Gasteiger partial charge is 0.137 e. The largest absolute Gasteiger partial charge is 0.456 e. The van der Waals surface area contributed by atoms with Crippen molar-refractivity contribution in [2.24, 2.45) is 0 Å². The molecule has 0 aliphatic rings. The Morgan fingerprint density at radius 1 is 0.286 bits per heavy atom. The first kappa shape index (κ1) is 31.9. The summed E-state index contributed by atoms with van der Waals surface area (Å²) in [7, 11) is 0. The summed E-state index contributed by atoms with van der Waals surface area (Å²) in [4.78, 5) is 4.66. The van der Waals surface area contributed by atoms with Crippen LogP contribution in [0.25, 0.3) is 65.8 Å². The first-order valence-electron chi connectivity index (χ1n) is 18.9. The third-order valence-electron chi connectivity index (χ3n) is 10.8. The lowest BCUT2D eigenvalue weighted by atomic mass is 10.0. The van der Waals surface area contributed by atoms with Crippen LogP contribution >= 0.6 is 0 Å². The fourth-order valence-corrected chi connectivity index (χ4v) is 8.19. The minimum Gasteiger partial charge on any atom is -0.456 e. The summed E-state index contributed by atoms with van der Waals surface area (Å²) < 4.78 is 13.1. The van der Waals surface area contributed by atoms with Crippen LogP contribution in [0.1, 0.15) is 0 Å². The Hall–Kier alpha value is -7.56. The molecular weight excluding hydrogens is 685 g/mol. The van der Waals surface area contributed by atoms with E-state index in [2.05, 4.69) is 216 Å². The highest BCUT2D eigenvalue weighted by atomic mass is 16.3. The van der Waals surface area contributed by atoms with Crippen LogP contribution in [-0.2, 0) is 0 Å². The van der Waals surface area contributed by atoms with Gasteiger partial charge in [0.1, 0.15) is 22.3 Å². The number of anilines is 6. The monoisotopic (exact) mass is 718 g/mol. The third-order valence-corrected chi connectivity index (χ3v) is 10.8. The number of nitrogens with zero attached hydrogens (tertiary/aromatic N) is 2. The van der Waals surface area contributed by atoms with Gasteiger partial charge in [0.25, 0.3) is 0 Å². The molecule has 9 aromatic carbocycles. The molecule has 0 aliphatic heterocycles. The summed E-state index contributed by atoms with van der Waals surface area (Å²) in [5, 5.41) is 6.62. The highest BCUT2D eigenvalue weighted by Crippen LogP contribution is 2.46. The van der Waals surface area contributed by atoms with E-state index in [0.29, 0.717) is 0 Å². The molecule has 264 valence electrons. The van der Waals surface area contributed by atoms with E-state index in [1.54, 1.807) is 0 Å². The minimum absolute atomic E-state index is 0.832. The Morgan fingerprint density at radius 3 is 1.52 bits per heavy atom. The van der Waals surface area contributed by atoms with Gasteiger partial charge < -0.3 is 18.6 Å². The minimum atomic E-state index is 0.832. The van der Waals surface area contributed by atoms with E-state index in [-0.39, 0.29) is 0 Å². The van der Waals surface area contributed by atoms with Gasteiger partial charge >= 0.3 is 0 Å². The van der Waals surface area contributed by atoms with Gasteiger partial charge in [0.15, 0.2) is 0 Å². The number of rotatable bonds is 7. The number of hydrogen-bond donors (Lipinski definition) is 0. The Morgan fingerprint density at radius 2 is 0.804 bits per heavy atom. The molecule has 0 aliphatic carbocycles. The molecule has 0 radical (unpaired) electrons. The second kappa shape index (κ2) is 13.1. The Bertz CT molecular complexity index is 3160. The van der Waals surface area contributed by atoms with E-state index >= 15 is 0 Å². The average Bonchev–Trinajstić information content (AvgIpc) is 3.82. The molecule has 2 heterocycles. The molecule has 2 aromatic heterocycles. The molecule has 0 atom stereocenters. The summed E-state index contributed by atoms with van der Waals surface area (Å²) in [5.41, 5.74) is 12.0. The van der Waals surface area contributed by atoms with Crippen molar-refractivity contribution in [2.45, 2.75) is 0 Å². The zero-order valence-electron chi connectivity index (χ0n) is 30.3. The van der Waals surface area contributed by atoms with Crippen molar-refractivity contribution in [3.05, 3.63) is 206 Å². The number of furan rings is 2. The van der Waals surface area contributed by atoms with E-state index < -0.39 is 0 Å². The maximum Gasteiger partial charge on any atom is 0.137 e. The van der Waals surface area contributed by atoms with E-state index in [1.807, 2.05) is 0 Å². The molecule has 4 nitrogen and oxygen atoms in total. The van der Waals surface area contributed by atoms with Crippen molar-refractivity contribution < 1.29 is 8.83 Å². The summed E-state index contributed by atoms with van der Waals surface area (Å²) in [6.07, 6.45) is 0. The third kappa shape index (κ3) is 5.39. The van der Waals surface area contributed by atoms with Gasteiger partial charge in [-0.15, -0.1) is 0 Å². The SMILES string of the molecule is c1ccc(-c2cccc(N(c3ccc4oc5cc6ccccc6cc5c4c3)c3ccc4oc5cccc(N(c6ccccc6)c6ccccc6)c5c4c3)c2)cc1. The second-order valence-corrected chi connectivity index (χ2v) is 14.2. The van der Waals surface area contributed by atoms with Crippen molar-refractivity contribution in [1.29, 1.82) is 0 Å². The van der Waals surface area contributed by atoms with E-state index in [4.69, 9.17) is 8.83 Å². The summed E-state index contributed by atoms with van der Waals surface area (Å²) >= 11 is 0. The predicted octanol–water partition coefficient (Wildman–Crippen LogP) is 15.2. The van der Waals surface area contributed by atoms with Gasteiger partial charge in [-0.3, -0.25) is 0 Å². The standard InChI is InChI=1S/C52H34N2O2/c1-4-14-35(15-5-1)36-18-12-23-41(30-36)53(42-26-28-48-45(33-42)44-31-37-16-10-11-17-38(37)32-51(44)56-48)43-27-29-49-46(34-43)52-47(24-13-25-50(52)55-49)54(39-19-6-2-7-20-39)40-21-8-3-9-22-40/h1-34H. The van der Waals surface area contributed by atoms with Gasteiger partial charge in [0, 0.05) is 44.6 Å². The molecule has 0 N–H and O–H groups in total. The van der Waals surface area contributed by atoms with E-state index in [9.17, 15) is 0 Å². The number of fused-ring (bicyclic) bond motifs is 7. The van der Waals surface area contributed by atoms with Crippen molar-refractivity contribution >= 4 is 88.8 Å². The first-order chi connectivity index (χ1) is 27.7. The zero-order chi connectivity index (χ0) is 37.0. The molecule has 0 fully saturated rings. The summed E-state index contributed by atoms with van der Waals surface area (Å²) in [6, 6.07) is 72.6.